The minimum absolute atomic E-state index is 0.114. The number of hydrogen-bond donors (Lipinski definition) is 2. The van der Waals surface area contributed by atoms with E-state index in [1.54, 1.807) is 28.1 Å². The fourth-order valence-electron chi connectivity index (χ4n) is 1.77. The molecule has 0 radical (unpaired) electrons. The number of quaternary nitrogens is 1. The molecule has 0 aliphatic rings. The number of benzene rings is 1. The maximum Gasteiger partial charge on any atom is 0.416 e. The number of alkyl halides is 3. The maximum absolute atomic E-state index is 12.5. The zero-order chi connectivity index (χ0) is 17.8. The Balaban J connectivity index is 2.66. The number of rotatable bonds is 5. The Morgan fingerprint density at radius 3 is 2.17 bits per heavy atom. The van der Waals surface area contributed by atoms with Crippen LogP contribution in [0.4, 0.5) is 18.9 Å². The highest BCUT2D eigenvalue weighted by Crippen LogP contribution is 2.29. The summed E-state index contributed by atoms with van der Waals surface area (Å²) in [7, 11) is 4.96. The van der Waals surface area contributed by atoms with E-state index in [0.29, 0.717) is 4.90 Å². The van der Waals surface area contributed by atoms with Crippen LogP contribution in [0.3, 0.4) is 0 Å². The third kappa shape index (κ3) is 5.55. The van der Waals surface area contributed by atoms with E-state index in [2.05, 4.69) is 5.32 Å². The first-order valence-electron chi connectivity index (χ1n) is 7.03. The van der Waals surface area contributed by atoms with Crippen LogP contribution in [0.2, 0.25) is 0 Å². The molecule has 1 unspecified atom stereocenters. The molecule has 2 atom stereocenters. The number of hydrogen-bond acceptors (Lipinski definition) is 2. The smallest absolute Gasteiger partial charge is 0.344 e. The summed E-state index contributed by atoms with van der Waals surface area (Å²) in [4.78, 5) is 25.9. The van der Waals surface area contributed by atoms with Crippen molar-refractivity contribution >= 4 is 17.5 Å². The zero-order valence-electron chi connectivity index (χ0n) is 13.5. The van der Waals surface area contributed by atoms with Crippen molar-refractivity contribution in [2.75, 3.05) is 33.0 Å². The van der Waals surface area contributed by atoms with Gasteiger partial charge in [0.25, 0.3) is 11.8 Å². The van der Waals surface area contributed by atoms with Crippen LogP contribution < -0.4 is 10.2 Å². The first-order chi connectivity index (χ1) is 10.5. The van der Waals surface area contributed by atoms with Gasteiger partial charge in [0.15, 0.2) is 12.6 Å². The highest BCUT2D eigenvalue weighted by Gasteiger charge is 2.30. The number of carbonyl (C=O) groups is 2. The Morgan fingerprint density at radius 2 is 1.74 bits per heavy atom. The van der Waals surface area contributed by atoms with Gasteiger partial charge in [-0.25, -0.2) is 0 Å². The fraction of sp³-hybridized carbons (Fsp3) is 0.467. The summed E-state index contributed by atoms with van der Waals surface area (Å²) in [6.07, 6.45) is -4.41. The predicted octanol–water partition coefficient (Wildman–Crippen LogP) is 0.635. The van der Waals surface area contributed by atoms with E-state index in [4.69, 9.17) is 0 Å². The third-order valence-electron chi connectivity index (χ3n) is 3.54. The molecule has 128 valence electrons. The van der Waals surface area contributed by atoms with E-state index in [9.17, 15) is 22.8 Å². The SMILES string of the molecule is C[C@H](C(=O)Nc1ccc(C(F)(F)F)cc1)[NH+](C)CC(=O)N(C)C. The van der Waals surface area contributed by atoms with E-state index in [0.717, 1.165) is 12.1 Å². The average Bonchev–Trinajstić information content (AvgIpc) is 2.45. The molecule has 2 N–H and O–H groups in total. The molecule has 2 amide bonds. The van der Waals surface area contributed by atoms with Gasteiger partial charge < -0.3 is 15.1 Å². The standard InChI is InChI=1S/C15H20F3N3O2/c1-10(21(4)9-13(22)20(2)3)14(23)19-12-7-5-11(6-8-12)15(16,17)18/h5-8,10H,9H2,1-4H3,(H,19,23)/p+1/t10-/m1/s1. The number of nitrogens with one attached hydrogen (secondary N) is 2. The molecule has 8 heteroatoms. The number of carbonyl (C=O) groups excluding carboxylic acids is 2. The van der Waals surface area contributed by atoms with E-state index in [1.165, 1.54) is 17.0 Å². The lowest BCUT2D eigenvalue weighted by molar-refractivity contribution is -0.886. The number of likely N-dealkylation sites (N-methyl/N-ethyl adjacent to an activating group) is 2. The predicted molar refractivity (Wildman–Crippen MR) is 80.0 cm³/mol. The van der Waals surface area contributed by atoms with Gasteiger partial charge in [-0.3, -0.25) is 9.59 Å². The van der Waals surface area contributed by atoms with E-state index >= 15 is 0 Å². The van der Waals surface area contributed by atoms with Crippen LogP contribution >= 0.6 is 0 Å². The van der Waals surface area contributed by atoms with E-state index < -0.39 is 17.8 Å². The second kappa shape index (κ2) is 7.45. The molecule has 5 nitrogen and oxygen atoms in total. The molecule has 1 aromatic rings. The van der Waals surface area contributed by atoms with Gasteiger partial charge in [0, 0.05) is 19.8 Å². The molecule has 0 bridgehead atoms. The Bertz CT molecular complexity index is 556. The number of nitrogens with zero attached hydrogens (tertiary/aromatic N) is 1. The summed E-state index contributed by atoms with van der Waals surface area (Å²) in [6, 6.07) is 3.70. The summed E-state index contributed by atoms with van der Waals surface area (Å²) >= 11 is 0. The molecule has 0 aliphatic heterocycles. The van der Waals surface area contributed by atoms with Crippen LogP contribution in [0, 0.1) is 0 Å². The molecule has 0 aromatic heterocycles. The second-order valence-electron chi connectivity index (χ2n) is 5.60. The number of amides is 2. The fourth-order valence-corrected chi connectivity index (χ4v) is 1.77. The molecule has 1 rings (SSSR count). The van der Waals surface area contributed by atoms with Gasteiger partial charge in [0.1, 0.15) is 0 Å². The monoisotopic (exact) mass is 332 g/mol. The normalized spacial score (nSPS) is 14.0. The Hall–Kier alpha value is -2.09. The molecule has 0 heterocycles. The van der Waals surface area contributed by atoms with Gasteiger partial charge in [0.2, 0.25) is 0 Å². The van der Waals surface area contributed by atoms with Crippen molar-refractivity contribution in [3.05, 3.63) is 29.8 Å². The van der Waals surface area contributed by atoms with Crippen LogP contribution in [-0.4, -0.2) is 50.4 Å². The van der Waals surface area contributed by atoms with Crippen molar-refractivity contribution in [2.45, 2.75) is 19.1 Å². The molecule has 0 fully saturated rings. The topological polar surface area (TPSA) is 53.9 Å². The van der Waals surface area contributed by atoms with Gasteiger partial charge in [-0.2, -0.15) is 13.2 Å². The molecule has 0 spiro atoms. The molecule has 0 saturated heterocycles. The van der Waals surface area contributed by atoms with Crippen molar-refractivity contribution in [3.63, 3.8) is 0 Å². The van der Waals surface area contributed by atoms with Crippen LogP contribution in [0.1, 0.15) is 12.5 Å². The minimum atomic E-state index is -4.41. The van der Waals surface area contributed by atoms with Crippen LogP contribution in [0.5, 0.6) is 0 Å². The molecule has 1 aromatic carbocycles. The van der Waals surface area contributed by atoms with Crippen molar-refractivity contribution in [1.82, 2.24) is 4.90 Å². The van der Waals surface area contributed by atoms with Crippen molar-refractivity contribution in [3.8, 4) is 0 Å². The highest BCUT2D eigenvalue weighted by molar-refractivity contribution is 5.93. The van der Waals surface area contributed by atoms with Crippen LogP contribution in [0.25, 0.3) is 0 Å². The zero-order valence-corrected chi connectivity index (χ0v) is 13.5. The molecule has 23 heavy (non-hydrogen) atoms. The van der Waals surface area contributed by atoms with Crippen LogP contribution in [-0.2, 0) is 15.8 Å². The minimum Gasteiger partial charge on any atom is -0.344 e. The summed E-state index contributed by atoms with van der Waals surface area (Å²) in [6.45, 7) is 1.80. The second-order valence-corrected chi connectivity index (χ2v) is 5.60. The first-order valence-corrected chi connectivity index (χ1v) is 7.03. The first kappa shape index (κ1) is 19.0. The lowest BCUT2D eigenvalue weighted by Gasteiger charge is -2.22. The Labute approximate surface area is 133 Å². The summed E-state index contributed by atoms with van der Waals surface area (Å²) in [5.74, 6) is -0.481. The highest BCUT2D eigenvalue weighted by atomic mass is 19.4. The molecule has 0 saturated carbocycles. The number of anilines is 1. The van der Waals surface area contributed by atoms with Crippen molar-refractivity contribution in [1.29, 1.82) is 0 Å². The quantitative estimate of drug-likeness (QED) is 0.831. The lowest BCUT2D eigenvalue weighted by atomic mass is 10.2. The largest absolute Gasteiger partial charge is 0.416 e. The summed E-state index contributed by atoms with van der Waals surface area (Å²) in [5, 5.41) is 2.55. The molecular weight excluding hydrogens is 311 g/mol. The molecule has 0 aliphatic carbocycles. The summed E-state index contributed by atoms with van der Waals surface area (Å²) in [5.41, 5.74) is -0.496. The maximum atomic E-state index is 12.5. The summed E-state index contributed by atoms with van der Waals surface area (Å²) < 4.78 is 37.4. The Morgan fingerprint density at radius 1 is 1.22 bits per heavy atom. The van der Waals surface area contributed by atoms with Gasteiger partial charge in [0.05, 0.1) is 12.6 Å². The van der Waals surface area contributed by atoms with Gasteiger partial charge in [-0.05, 0) is 31.2 Å². The third-order valence-corrected chi connectivity index (χ3v) is 3.54. The van der Waals surface area contributed by atoms with E-state index in [1.807, 2.05) is 0 Å². The van der Waals surface area contributed by atoms with Crippen molar-refractivity contribution in [2.24, 2.45) is 0 Å². The molecular formula is C15H21F3N3O2+. The van der Waals surface area contributed by atoms with E-state index in [-0.39, 0.29) is 24.0 Å². The van der Waals surface area contributed by atoms with Gasteiger partial charge in [-0.1, -0.05) is 0 Å². The lowest BCUT2D eigenvalue weighted by Crippen LogP contribution is -3.15. The van der Waals surface area contributed by atoms with Gasteiger partial charge >= 0.3 is 6.18 Å². The van der Waals surface area contributed by atoms with Crippen molar-refractivity contribution < 1.29 is 27.7 Å². The van der Waals surface area contributed by atoms with Crippen LogP contribution in [0.15, 0.2) is 24.3 Å². The Kier molecular flexibility index (Phi) is 6.14. The average molecular weight is 332 g/mol. The number of halogens is 3. The van der Waals surface area contributed by atoms with Gasteiger partial charge in [-0.15, -0.1) is 0 Å².